The first-order chi connectivity index (χ1) is 13.4. The Labute approximate surface area is 163 Å². The van der Waals surface area contributed by atoms with E-state index in [0.29, 0.717) is 11.3 Å². The van der Waals surface area contributed by atoms with Crippen molar-refractivity contribution < 1.29 is 22.7 Å². The van der Waals surface area contributed by atoms with Crippen molar-refractivity contribution in [3.05, 3.63) is 72.3 Å². The highest BCUT2D eigenvalue weighted by Crippen LogP contribution is 2.20. The van der Waals surface area contributed by atoms with Gasteiger partial charge in [0.15, 0.2) is 9.84 Å². The van der Waals surface area contributed by atoms with Crippen LogP contribution in [0.15, 0.2) is 71.6 Å². The van der Waals surface area contributed by atoms with Crippen molar-refractivity contribution in [2.24, 2.45) is 0 Å². The molecule has 0 atom stereocenters. The number of nitrogens with one attached hydrogen (secondary N) is 1. The molecular weight excluding hydrogens is 378 g/mol. The molecule has 144 valence electrons. The second-order valence-corrected chi connectivity index (χ2v) is 8.10. The fourth-order valence-electron chi connectivity index (χ4n) is 2.72. The topological polar surface area (TPSA) is 89.5 Å². The molecular formula is C21H19NO5S. The van der Waals surface area contributed by atoms with Crippen LogP contribution < -0.4 is 5.32 Å². The lowest BCUT2D eigenvalue weighted by Gasteiger charge is -2.08. The van der Waals surface area contributed by atoms with Gasteiger partial charge in [0.2, 0.25) is 5.91 Å². The largest absolute Gasteiger partial charge is 0.462 e. The lowest BCUT2D eigenvalue weighted by atomic mass is 10.1. The molecule has 28 heavy (non-hydrogen) atoms. The van der Waals surface area contributed by atoms with E-state index in [4.69, 9.17) is 4.74 Å². The summed E-state index contributed by atoms with van der Waals surface area (Å²) in [6.45, 7) is 1.98. The van der Waals surface area contributed by atoms with Crippen LogP contribution in [0.5, 0.6) is 0 Å². The van der Waals surface area contributed by atoms with Gasteiger partial charge in [-0.15, -0.1) is 0 Å². The number of sulfone groups is 1. The summed E-state index contributed by atoms with van der Waals surface area (Å²) in [6.07, 6.45) is 0. The Morgan fingerprint density at radius 3 is 2.29 bits per heavy atom. The summed E-state index contributed by atoms with van der Waals surface area (Å²) in [6, 6.07) is 18.2. The predicted octanol–water partition coefficient (Wildman–Crippen LogP) is 3.43. The molecule has 7 heteroatoms. The van der Waals surface area contributed by atoms with E-state index in [1.165, 1.54) is 30.3 Å². The highest BCUT2D eigenvalue weighted by atomic mass is 32.2. The summed E-state index contributed by atoms with van der Waals surface area (Å²) < 4.78 is 30.0. The number of fused-ring (bicyclic) bond motifs is 1. The maximum atomic E-state index is 12.6. The normalized spacial score (nSPS) is 11.2. The van der Waals surface area contributed by atoms with Crippen LogP contribution in [0.3, 0.4) is 0 Å². The van der Waals surface area contributed by atoms with Crippen molar-refractivity contribution in [1.29, 1.82) is 0 Å². The minimum atomic E-state index is -3.79. The van der Waals surface area contributed by atoms with Gasteiger partial charge in [-0.3, -0.25) is 4.79 Å². The number of carbonyl (C=O) groups is 2. The Bertz CT molecular complexity index is 1120. The molecule has 1 N–H and O–H groups in total. The number of amides is 1. The van der Waals surface area contributed by atoms with Gasteiger partial charge < -0.3 is 10.1 Å². The van der Waals surface area contributed by atoms with Gasteiger partial charge in [-0.25, -0.2) is 13.2 Å². The second kappa shape index (κ2) is 8.22. The van der Waals surface area contributed by atoms with Crippen LogP contribution in [-0.2, 0) is 19.4 Å². The molecule has 0 aliphatic heterocycles. The third-order valence-electron chi connectivity index (χ3n) is 4.08. The third-order valence-corrected chi connectivity index (χ3v) is 5.70. The summed E-state index contributed by atoms with van der Waals surface area (Å²) in [7, 11) is -3.79. The Kier molecular flexibility index (Phi) is 5.75. The number of ether oxygens (including phenoxy) is 1. The van der Waals surface area contributed by atoms with Gasteiger partial charge in [0.1, 0.15) is 5.75 Å². The predicted molar refractivity (Wildman–Crippen MR) is 107 cm³/mol. The highest BCUT2D eigenvalue weighted by Gasteiger charge is 2.20. The van der Waals surface area contributed by atoms with E-state index in [2.05, 4.69) is 5.32 Å². The number of esters is 1. The second-order valence-electron chi connectivity index (χ2n) is 6.11. The highest BCUT2D eigenvalue weighted by molar-refractivity contribution is 7.92. The molecule has 0 aliphatic rings. The van der Waals surface area contributed by atoms with Gasteiger partial charge in [-0.2, -0.15) is 0 Å². The van der Waals surface area contributed by atoms with E-state index in [-0.39, 0.29) is 11.5 Å². The van der Waals surface area contributed by atoms with E-state index in [1.807, 2.05) is 24.3 Å². The third kappa shape index (κ3) is 4.55. The minimum absolute atomic E-state index is 0.0963. The molecule has 0 heterocycles. The molecule has 6 nitrogen and oxygen atoms in total. The number of hydrogen-bond acceptors (Lipinski definition) is 5. The van der Waals surface area contributed by atoms with Gasteiger partial charge in [0.05, 0.1) is 17.1 Å². The van der Waals surface area contributed by atoms with Crippen LogP contribution >= 0.6 is 0 Å². The van der Waals surface area contributed by atoms with Crippen LogP contribution in [0.1, 0.15) is 17.3 Å². The van der Waals surface area contributed by atoms with Crippen molar-refractivity contribution in [2.45, 2.75) is 11.8 Å². The van der Waals surface area contributed by atoms with Crippen molar-refractivity contribution >= 4 is 38.2 Å². The van der Waals surface area contributed by atoms with Gasteiger partial charge in [-0.1, -0.05) is 30.3 Å². The molecule has 0 saturated heterocycles. The maximum absolute atomic E-state index is 12.6. The first-order valence-corrected chi connectivity index (χ1v) is 10.3. The minimum Gasteiger partial charge on any atom is -0.462 e. The maximum Gasteiger partial charge on any atom is 0.338 e. The van der Waals surface area contributed by atoms with E-state index in [1.54, 1.807) is 19.1 Å². The molecule has 3 rings (SSSR count). The average molecular weight is 397 g/mol. The SMILES string of the molecule is CCOC(=O)c1ccc(NC(=O)CS(=O)(=O)c2ccc3ccccc3c2)cc1. The first-order valence-electron chi connectivity index (χ1n) is 8.67. The zero-order valence-corrected chi connectivity index (χ0v) is 16.0. The summed E-state index contributed by atoms with van der Waals surface area (Å²) >= 11 is 0. The van der Waals surface area contributed by atoms with E-state index in [9.17, 15) is 18.0 Å². The van der Waals surface area contributed by atoms with E-state index < -0.39 is 27.5 Å². The molecule has 1 amide bonds. The molecule has 0 saturated carbocycles. The number of anilines is 1. The van der Waals surface area contributed by atoms with Crippen LogP contribution in [0.2, 0.25) is 0 Å². The summed E-state index contributed by atoms with van der Waals surface area (Å²) in [5.74, 6) is -1.79. The number of carbonyl (C=O) groups excluding carboxylic acids is 2. The van der Waals surface area contributed by atoms with Crippen LogP contribution in [0.4, 0.5) is 5.69 Å². The van der Waals surface area contributed by atoms with Gasteiger partial charge in [0.25, 0.3) is 0 Å². The molecule has 0 fully saturated rings. The van der Waals surface area contributed by atoms with Gasteiger partial charge in [0, 0.05) is 5.69 Å². The zero-order chi connectivity index (χ0) is 20.1. The molecule has 0 unspecified atom stereocenters. The Morgan fingerprint density at radius 1 is 0.929 bits per heavy atom. The van der Waals surface area contributed by atoms with Crippen LogP contribution in [-0.4, -0.2) is 32.7 Å². The van der Waals surface area contributed by atoms with Gasteiger partial charge >= 0.3 is 5.97 Å². The summed E-state index contributed by atoms with van der Waals surface area (Å²) in [5, 5.41) is 4.25. The summed E-state index contributed by atoms with van der Waals surface area (Å²) in [5.41, 5.74) is 0.746. The number of rotatable bonds is 6. The fourth-order valence-corrected chi connectivity index (χ4v) is 3.88. The molecule has 3 aromatic rings. The Hall–Kier alpha value is -3.19. The van der Waals surface area contributed by atoms with Crippen molar-refractivity contribution in [2.75, 3.05) is 17.7 Å². The summed E-state index contributed by atoms with van der Waals surface area (Å²) in [4.78, 5) is 23.9. The van der Waals surface area contributed by atoms with Crippen molar-refractivity contribution in [1.82, 2.24) is 0 Å². The average Bonchev–Trinajstić information content (AvgIpc) is 2.68. The lowest BCUT2D eigenvalue weighted by Crippen LogP contribution is -2.23. The number of hydrogen-bond donors (Lipinski definition) is 1. The lowest BCUT2D eigenvalue weighted by molar-refractivity contribution is -0.113. The Balaban J connectivity index is 1.70. The molecule has 0 aliphatic carbocycles. The molecule has 0 bridgehead atoms. The Morgan fingerprint density at radius 2 is 1.61 bits per heavy atom. The standard InChI is InChI=1S/C21H19NO5S/c1-2-27-21(24)16-7-10-18(11-8-16)22-20(23)14-28(25,26)19-12-9-15-5-3-4-6-17(15)13-19/h3-13H,2,14H2,1H3,(H,22,23). The smallest absolute Gasteiger partial charge is 0.338 e. The molecule has 3 aromatic carbocycles. The van der Waals surface area contributed by atoms with Crippen molar-refractivity contribution in [3.63, 3.8) is 0 Å². The van der Waals surface area contributed by atoms with Crippen LogP contribution in [0, 0.1) is 0 Å². The van der Waals surface area contributed by atoms with Gasteiger partial charge in [-0.05, 0) is 54.1 Å². The van der Waals surface area contributed by atoms with Crippen LogP contribution in [0.25, 0.3) is 10.8 Å². The molecule has 0 radical (unpaired) electrons. The fraction of sp³-hybridized carbons (Fsp3) is 0.143. The molecule has 0 aromatic heterocycles. The quantitative estimate of drug-likeness (QED) is 0.644. The monoisotopic (exact) mass is 397 g/mol. The van der Waals surface area contributed by atoms with E-state index in [0.717, 1.165) is 10.8 Å². The number of benzene rings is 3. The first kappa shape index (κ1) is 19.6. The van der Waals surface area contributed by atoms with E-state index >= 15 is 0 Å². The molecule has 0 spiro atoms. The zero-order valence-electron chi connectivity index (χ0n) is 15.2. The van der Waals surface area contributed by atoms with Crippen molar-refractivity contribution in [3.8, 4) is 0 Å².